The van der Waals surface area contributed by atoms with E-state index in [1.165, 1.54) is 41.1 Å². The zero-order valence-corrected chi connectivity index (χ0v) is 14.6. The summed E-state index contributed by atoms with van der Waals surface area (Å²) in [6.07, 6.45) is 6.70. The predicted molar refractivity (Wildman–Crippen MR) is 102 cm³/mol. The molecule has 4 heteroatoms. The summed E-state index contributed by atoms with van der Waals surface area (Å²) in [5.41, 5.74) is 5.68. The van der Waals surface area contributed by atoms with E-state index in [2.05, 4.69) is 6.92 Å². The summed E-state index contributed by atoms with van der Waals surface area (Å²) in [4.78, 5) is 16.8. The molecule has 1 aromatic rings. The summed E-state index contributed by atoms with van der Waals surface area (Å²) in [7, 11) is 1.53. The third-order valence-electron chi connectivity index (χ3n) is 4.96. The van der Waals surface area contributed by atoms with Crippen molar-refractivity contribution in [2.24, 2.45) is 0 Å². The van der Waals surface area contributed by atoms with E-state index in [1.54, 1.807) is 0 Å². The molecule has 1 saturated carbocycles. The molecule has 1 aromatic carbocycles. The van der Waals surface area contributed by atoms with Crippen LogP contribution in [0.3, 0.4) is 0 Å². The molecular formula is C20H20N2OS. The molecule has 2 heterocycles. The van der Waals surface area contributed by atoms with Gasteiger partial charge in [-0.25, -0.2) is 0 Å². The lowest BCUT2D eigenvalue weighted by Gasteiger charge is -2.35. The zero-order chi connectivity index (χ0) is 16.7. The summed E-state index contributed by atoms with van der Waals surface area (Å²) in [5, 5.41) is 7.94. The molecule has 0 spiro atoms. The van der Waals surface area contributed by atoms with E-state index in [-0.39, 0.29) is 5.91 Å². The molecule has 3 nitrogen and oxygen atoms in total. The van der Waals surface area contributed by atoms with Gasteiger partial charge in [0.05, 0.1) is 0 Å². The second-order valence-corrected chi connectivity index (χ2v) is 7.26. The molecule has 1 amide bonds. The number of fused-ring (bicyclic) bond motifs is 2. The van der Waals surface area contributed by atoms with Crippen LogP contribution in [-0.4, -0.2) is 26.9 Å². The lowest BCUT2D eigenvalue weighted by atomic mass is 9.82. The van der Waals surface area contributed by atoms with Crippen LogP contribution in [0.5, 0.6) is 0 Å². The quantitative estimate of drug-likeness (QED) is 0.655. The average molecular weight is 336 g/mol. The SMILES string of the molecule is CCC1=C2CCCCC2=C(C=N)C2=S=C(c3ccccc3)C(=O)N21. The first-order valence-corrected chi connectivity index (χ1v) is 9.36. The molecule has 0 saturated heterocycles. The molecule has 0 unspecified atom stereocenters. The molecule has 3 aliphatic rings. The number of amides is 1. The van der Waals surface area contributed by atoms with Gasteiger partial charge < -0.3 is 5.41 Å². The molecule has 0 aromatic heterocycles. The van der Waals surface area contributed by atoms with Crippen molar-refractivity contribution in [2.45, 2.75) is 39.0 Å². The highest BCUT2D eigenvalue weighted by atomic mass is 32.1. The number of allylic oxidation sites excluding steroid dienone is 3. The zero-order valence-electron chi connectivity index (χ0n) is 13.8. The molecule has 1 aliphatic carbocycles. The number of benzene rings is 1. The van der Waals surface area contributed by atoms with Crippen LogP contribution in [0.4, 0.5) is 0 Å². The van der Waals surface area contributed by atoms with Gasteiger partial charge in [0.15, 0.2) is 0 Å². The van der Waals surface area contributed by atoms with Crippen LogP contribution in [0, 0.1) is 5.41 Å². The van der Waals surface area contributed by atoms with Gasteiger partial charge in [-0.15, -0.1) is 10.9 Å². The minimum absolute atomic E-state index is 0.0644. The van der Waals surface area contributed by atoms with Crippen molar-refractivity contribution < 1.29 is 4.79 Å². The minimum atomic E-state index is 0.0644. The molecule has 2 aliphatic heterocycles. The van der Waals surface area contributed by atoms with Crippen molar-refractivity contribution in [1.82, 2.24) is 4.90 Å². The molecule has 1 fully saturated rings. The number of carbonyl (C=O) groups is 1. The fourth-order valence-corrected chi connectivity index (χ4v) is 5.08. The maximum Gasteiger partial charge on any atom is 0.273 e. The van der Waals surface area contributed by atoms with Gasteiger partial charge in [0.25, 0.3) is 5.91 Å². The molecule has 1 N–H and O–H groups in total. The number of hydrogen-bond acceptors (Lipinski definition) is 2. The lowest BCUT2D eigenvalue weighted by molar-refractivity contribution is -0.119. The smallest absolute Gasteiger partial charge is 0.273 e. The highest BCUT2D eigenvalue weighted by Gasteiger charge is 2.38. The van der Waals surface area contributed by atoms with E-state index >= 15 is 0 Å². The van der Waals surface area contributed by atoms with Gasteiger partial charge in [0.1, 0.15) is 9.85 Å². The summed E-state index contributed by atoms with van der Waals surface area (Å²) in [6, 6.07) is 9.87. The van der Waals surface area contributed by atoms with Crippen LogP contribution in [0.2, 0.25) is 0 Å². The van der Waals surface area contributed by atoms with Crippen LogP contribution in [-0.2, 0) is 4.79 Å². The number of rotatable bonds is 3. The Kier molecular flexibility index (Phi) is 3.85. The van der Waals surface area contributed by atoms with Gasteiger partial charge in [-0.1, -0.05) is 37.3 Å². The van der Waals surface area contributed by atoms with Gasteiger partial charge in [-0.2, -0.15) is 0 Å². The van der Waals surface area contributed by atoms with Gasteiger partial charge in [-0.3, -0.25) is 9.69 Å². The Hall–Kier alpha value is -2.20. The normalized spacial score (nSPS) is 20.2. The molecule has 0 bridgehead atoms. The topological polar surface area (TPSA) is 44.2 Å². The predicted octanol–water partition coefficient (Wildman–Crippen LogP) is 4.11. The third kappa shape index (κ3) is 2.17. The molecule has 0 radical (unpaired) electrons. The number of nitrogens with zero attached hydrogens (tertiary/aromatic N) is 1. The van der Waals surface area contributed by atoms with Crippen LogP contribution < -0.4 is 0 Å². The highest BCUT2D eigenvalue weighted by molar-refractivity contribution is 8.01. The van der Waals surface area contributed by atoms with Crippen molar-refractivity contribution in [2.75, 3.05) is 0 Å². The first-order valence-electron chi connectivity index (χ1n) is 8.54. The molecular weight excluding hydrogens is 316 g/mol. The fraction of sp³-hybridized carbons (Fsp3) is 0.300. The monoisotopic (exact) mass is 336 g/mol. The molecule has 0 atom stereocenters. The van der Waals surface area contributed by atoms with Gasteiger partial charge in [0, 0.05) is 17.5 Å². The van der Waals surface area contributed by atoms with Crippen LogP contribution in [0.25, 0.3) is 0 Å². The highest BCUT2D eigenvalue weighted by Crippen LogP contribution is 2.41. The van der Waals surface area contributed by atoms with Gasteiger partial charge in [0.2, 0.25) is 0 Å². The van der Waals surface area contributed by atoms with Crippen molar-refractivity contribution in [1.29, 1.82) is 5.41 Å². The summed E-state index contributed by atoms with van der Waals surface area (Å²) < 4.78 is 0. The maximum absolute atomic E-state index is 13.2. The number of nitrogens with one attached hydrogen (secondary N) is 1. The third-order valence-corrected chi connectivity index (χ3v) is 6.17. The standard InChI is InChI=1S/C20H20N2OS/c1-2-17-15-11-7-6-10-14(15)16(12-21)20-22(17)19(23)18(24-20)13-8-4-3-5-9-13/h3-5,8-9,12,21H,2,6-7,10-11H2,1H3. The van der Waals surface area contributed by atoms with Gasteiger partial charge >= 0.3 is 0 Å². The van der Waals surface area contributed by atoms with Crippen molar-refractivity contribution in [3.8, 4) is 0 Å². The Bertz CT molecular complexity index is 870. The first kappa shape index (κ1) is 15.3. The Morgan fingerprint density at radius 2 is 1.88 bits per heavy atom. The largest absolute Gasteiger partial charge is 0.308 e. The summed E-state index contributed by atoms with van der Waals surface area (Å²) >= 11 is 0. The molecule has 122 valence electrons. The minimum Gasteiger partial charge on any atom is -0.308 e. The Labute approximate surface area is 145 Å². The fourth-order valence-electron chi connectivity index (χ4n) is 3.88. The Morgan fingerprint density at radius 3 is 2.54 bits per heavy atom. The van der Waals surface area contributed by atoms with Gasteiger partial charge in [-0.05, 0) is 48.8 Å². The van der Waals surface area contributed by atoms with E-state index in [0.717, 1.165) is 45.9 Å². The van der Waals surface area contributed by atoms with E-state index in [9.17, 15) is 4.79 Å². The molecule has 24 heavy (non-hydrogen) atoms. The van der Waals surface area contributed by atoms with Crippen LogP contribution in [0.1, 0.15) is 44.6 Å². The van der Waals surface area contributed by atoms with E-state index < -0.39 is 0 Å². The van der Waals surface area contributed by atoms with Crippen molar-refractivity contribution >= 4 is 32.9 Å². The summed E-state index contributed by atoms with van der Waals surface area (Å²) in [6.45, 7) is 2.13. The van der Waals surface area contributed by atoms with E-state index in [4.69, 9.17) is 5.41 Å². The van der Waals surface area contributed by atoms with Crippen molar-refractivity contribution in [3.05, 3.63) is 58.3 Å². The average Bonchev–Trinajstić information content (AvgIpc) is 2.97. The number of carbonyl (C=O) groups excluding carboxylic acids is 1. The van der Waals surface area contributed by atoms with Crippen LogP contribution in [0.15, 0.2) is 52.7 Å². The van der Waals surface area contributed by atoms with E-state index in [1.807, 2.05) is 35.2 Å². The maximum atomic E-state index is 13.2. The van der Waals surface area contributed by atoms with Crippen molar-refractivity contribution in [3.63, 3.8) is 0 Å². The Morgan fingerprint density at radius 1 is 1.17 bits per heavy atom. The second-order valence-electron chi connectivity index (χ2n) is 6.27. The number of hydrogen-bond donors (Lipinski definition) is 1. The Balaban J connectivity index is 1.94. The summed E-state index contributed by atoms with van der Waals surface area (Å²) in [5.74, 6) is 0.0644. The molecule has 4 rings (SSSR count). The lowest BCUT2D eigenvalue weighted by Crippen LogP contribution is -2.40. The second kappa shape index (κ2) is 6.02. The van der Waals surface area contributed by atoms with Crippen LogP contribution >= 0.6 is 10.9 Å². The van der Waals surface area contributed by atoms with E-state index in [0.29, 0.717) is 0 Å². The first-order chi connectivity index (χ1) is 11.8.